The van der Waals surface area contributed by atoms with Crippen molar-refractivity contribution in [1.82, 2.24) is 0 Å². The summed E-state index contributed by atoms with van der Waals surface area (Å²) in [6.07, 6.45) is 0. The Labute approximate surface area is 894 Å². The maximum Gasteiger partial charge on any atom is 0.136 e. The molecule has 135 heavy (non-hydrogen) atoms. The van der Waals surface area contributed by atoms with Crippen LogP contribution in [-0.2, 0) is 0 Å². The van der Waals surface area contributed by atoms with Crippen molar-refractivity contribution in [2.75, 3.05) is 0 Å². The summed E-state index contributed by atoms with van der Waals surface area (Å²) < 4.78 is 754. The van der Waals surface area contributed by atoms with Gasteiger partial charge in [0.1, 0.15) is 33.5 Å². The van der Waals surface area contributed by atoms with Crippen LogP contribution in [0.25, 0.3) is 274 Å². The van der Waals surface area contributed by atoms with Gasteiger partial charge in [-0.3, -0.25) is 0 Å². The molecule has 3 nitrogen and oxygen atoms in total. The van der Waals surface area contributed by atoms with Gasteiger partial charge in [-0.2, -0.15) is 0 Å². The van der Waals surface area contributed by atoms with Gasteiger partial charge in [-0.05, 0) is 275 Å². The second kappa shape index (κ2) is 32.7. The molecule has 0 spiro atoms. The molecule has 0 bridgehead atoms. The first-order chi connectivity index (χ1) is 101. The molecule has 628 valence electrons. The Balaban J connectivity index is 0.000000150. The highest BCUT2D eigenvalue weighted by molar-refractivity contribution is 6.31. The highest BCUT2D eigenvalue weighted by Gasteiger charge is 2.27. The highest BCUT2D eigenvalue weighted by Crippen LogP contribution is 2.54. The van der Waals surface area contributed by atoms with Gasteiger partial charge in [0.25, 0.3) is 0 Å². The zero-order valence-corrected chi connectivity index (χ0v) is 67.2. The first-order valence-corrected chi connectivity index (χ1v) is 39.7. The fraction of sp³-hybridized carbons (Fsp3) is 0. The van der Waals surface area contributed by atoms with E-state index in [1.807, 2.05) is 0 Å². The van der Waals surface area contributed by atoms with Crippen LogP contribution in [0.3, 0.4) is 0 Å². The Morgan fingerprint density at radius 3 is 0.689 bits per heavy atom. The van der Waals surface area contributed by atoms with E-state index in [9.17, 15) is 35.6 Å². The molecule has 28 rings (SSSR count). The minimum Gasteiger partial charge on any atom is -0.456 e. The molecule has 0 saturated heterocycles. The molecular weight excluding hydrogens is 1630 g/mol. The third kappa shape index (κ3) is 13.3. The second-order valence-corrected chi connectivity index (χ2v) is 29.0. The van der Waals surface area contributed by atoms with Crippen molar-refractivity contribution < 1.29 is 126 Å². The van der Waals surface area contributed by atoms with Crippen LogP contribution in [-0.4, -0.2) is 0 Å². The summed E-state index contributed by atoms with van der Waals surface area (Å²) in [7, 11) is 0. The average Bonchev–Trinajstić information content (AvgIpc) is 1.31. The predicted octanol–water partition coefficient (Wildman–Crippen LogP) is 37.8. The molecule has 3 heterocycles. The van der Waals surface area contributed by atoms with Crippen molar-refractivity contribution in [3.63, 3.8) is 0 Å². The van der Waals surface area contributed by atoms with E-state index in [2.05, 4.69) is 0 Å². The molecule has 0 radical (unpaired) electrons. The van der Waals surface area contributed by atoms with E-state index in [4.69, 9.17) is 90.0 Å². The highest BCUT2D eigenvalue weighted by atomic mass is 16.3. The summed E-state index contributed by atoms with van der Waals surface area (Å²) in [5.41, 5.74) is -20.1. The lowest BCUT2D eigenvalue weighted by Gasteiger charge is -2.20. The third-order valence-corrected chi connectivity index (χ3v) is 21.8. The van der Waals surface area contributed by atoms with Gasteiger partial charge in [0.15, 0.2) is 0 Å². The molecule has 3 heteroatoms. The molecule has 0 N–H and O–H groups in total. The van der Waals surface area contributed by atoms with Gasteiger partial charge in [0, 0.05) is 32.3 Å². The van der Waals surface area contributed by atoms with Crippen LogP contribution < -0.4 is 0 Å². The molecule has 0 aliphatic heterocycles. The summed E-state index contributed by atoms with van der Waals surface area (Å²) >= 11 is 0. The molecule has 25 aromatic carbocycles. The van der Waals surface area contributed by atoms with Crippen LogP contribution >= 0.6 is 0 Å². The first-order valence-electron chi connectivity index (χ1n) is 80.7. The minimum atomic E-state index is -1.20. The van der Waals surface area contributed by atoms with Crippen LogP contribution in [0.1, 0.15) is 112 Å². The number of rotatable bonds is 10. The van der Waals surface area contributed by atoms with E-state index in [0.29, 0.717) is 0 Å². The van der Waals surface area contributed by atoms with Gasteiger partial charge >= 0.3 is 0 Å². The molecular formula is C132H82O3. The Bertz CT molecular complexity index is 14700. The molecule has 3 aromatic heterocycles. The lowest BCUT2D eigenvalue weighted by atomic mass is 9.83. The average molecular weight is 1800 g/mol. The molecule has 0 amide bonds. The Morgan fingerprint density at radius 1 is 0.119 bits per heavy atom. The van der Waals surface area contributed by atoms with Crippen molar-refractivity contribution in [2.24, 2.45) is 0 Å². The van der Waals surface area contributed by atoms with Crippen molar-refractivity contribution in [1.29, 1.82) is 0 Å². The van der Waals surface area contributed by atoms with Crippen LogP contribution in [0.5, 0.6) is 0 Å². The largest absolute Gasteiger partial charge is 0.456 e. The van der Waals surface area contributed by atoms with Crippen molar-refractivity contribution in [3.8, 4) is 111 Å². The smallest absolute Gasteiger partial charge is 0.136 e. The molecule has 0 saturated carbocycles. The first kappa shape index (κ1) is 31.5. The molecule has 28 aromatic rings. The van der Waals surface area contributed by atoms with Crippen LogP contribution in [0.4, 0.5) is 0 Å². The van der Waals surface area contributed by atoms with Gasteiger partial charge in [-0.25, -0.2) is 0 Å². The summed E-state index contributed by atoms with van der Waals surface area (Å²) in [4.78, 5) is 0. The zero-order valence-electron chi connectivity index (χ0n) is 149. The van der Waals surface area contributed by atoms with Gasteiger partial charge in [0.05, 0.1) is 112 Å². The Morgan fingerprint density at radius 2 is 0.348 bits per heavy atom. The number of hydrogen-bond acceptors (Lipinski definition) is 3. The monoisotopic (exact) mass is 1800 g/mol. The summed E-state index contributed by atoms with van der Waals surface area (Å²) in [6, 6.07) is -78.1. The van der Waals surface area contributed by atoms with Gasteiger partial charge in [-0.15, -0.1) is 0 Å². The number of hydrogen-bond donors (Lipinski definition) is 0. The van der Waals surface area contributed by atoms with Gasteiger partial charge in [-0.1, -0.05) is 429 Å². The zero-order chi connectivity index (χ0) is 160. The number of benzene rings is 25. The fourth-order valence-electron chi connectivity index (χ4n) is 16.4. The Kier molecular flexibility index (Phi) is 7.63. The SMILES string of the molecule is [2H]c1c([2H])c([2H])c(-c2c([2H])c([2H])c(-c3c4c([2H])c([2H])c([2H])c([2H])c4c(-c4c([2H])c([2H])c([2H])c5oc6c([2H])c7c([2H])c([2H])c([2H])c([2H])c7c([2H])c6c45)c4c([2H])c([2H])c([2H])c([2H])c34)c([2H])c2-c2c([2H])c([2H])c([2H])c([2H])c2[2H])c([2H])c1[2H].[2H]c1c([2H])c([2H])c(-c2c([2H])c([2H])c([2H])c(-c3c4c([2H])c([2H])c([2H])c([2H])c4c(-c4c([2H])c([2H])c([2H])c5oc6c([2H])c7c([2H])c([2H])c([2H])c([2H])c7c([2H])c6c45)c4c([2H])c([2H])c([2H])c([2H])c34)c2[2H])c([2H])c1[2H].[2H]c1c([2H])c([2H])c(-c2c([2H])c([2H])c([2H])c([2H])c2-c2c3c([2H])c([2H])c([2H])c([2H])c3c(-c3c([2H])c([2H])c([2H])c4oc5c([2H])c6c([2H])c([2H])c([2H])c([2H])c6c([2H])c5c34)c3c([2H])c([2H])c([2H])c([2H])c23)c([2H])c1[2H]. The van der Waals surface area contributed by atoms with E-state index in [0.717, 1.165) is 0 Å². The lowest BCUT2D eigenvalue weighted by Crippen LogP contribution is -1.93. The lowest BCUT2D eigenvalue weighted by molar-refractivity contribution is 0.669. The second-order valence-electron chi connectivity index (χ2n) is 29.0. The van der Waals surface area contributed by atoms with E-state index in [1.165, 1.54) is 0 Å². The molecule has 0 aliphatic carbocycles. The quantitative estimate of drug-likeness (QED) is 0.128. The van der Waals surface area contributed by atoms with E-state index in [-0.39, 0.29) is 0 Å². The van der Waals surface area contributed by atoms with E-state index in [1.54, 1.807) is 0 Å². The number of fused-ring (bicyclic) bond motifs is 18. The van der Waals surface area contributed by atoms with E-state index < -0.39 is 770 Å². The topological polar surface area (TPSA) is 39.4 Å². The molecule has 0 unspecified atom stereocenters. The van der Waals surface area contributed by atoms with Crippen LogP contribution in [0.15, 0.2) is 509 Å². The Hall–Kier alpha value is -17.8. The predicted molar refractivity (Wildman–Crippen MR) is 573 cm³/mol. The maximum absolute atomic E-state index is 10.1. The molecule has 0 aliphatic rings. The normalized spacial score (nSPS) is 20.2. The van der Waals surface area contributed by atoms with Crippen LogP contribution in [0, 0.1) is 0 Å². The number of furan rings is 3. The third-order valence-electron chi connectivity index (χ3n) is 21.8. The minimum absolute atomic E-state index is 0.473. The van der Waals surface area contributed by atoms with Crippen LogP contribution in [0.2, 0.25) is 0 Å². The van der Waals surface area contributed by atoms with Crippen molar-refractivity contribution in [2.45, 2.75) is 0 Å². The maximum atomic E-state index is 10.1. The molecule has 0 fully saturated rings. The summed E-state index contributed by atoms with van der Waals surface area (Å²) in [6.45, 7) is 0. The van der Waals surface area contributed by atoms with Gasteiger partial charge < -0.3 is 13.3 Å². The van der Waals surface area contributed by atoms with Crippen molar-refractivity contribution >= 4 is 163 Å². The van der Waals surface area contributed by atoms with Crippen molar-refractivity contribution in [3.05, 3.63) is 495 Å². The summed E-state index contributed by atoms with van der Waals surface area (Å²) in [5.74, 6) is 0. The molecule has 0 atom stereocenters. The van der Waals surface area contributed by atoms with Gasteiger partial charge in [0.2, 0.25) is 0 Å². The standard InChI is InChI=1S/C48H30O.2C42H26O/c1-3-14-31(15-4-1)36-27-26-35(29-42(36)32-16-5-2-6-17-32)46-37-20-9-11-22-39(37)47(40-23-12-10-21-38(40)46)41-24-13-25-44-48(41)43-28-33-18-7-8-19-34(33)30-45(43)49-44;1-2-12-27(13-3-1)28-16-10-17-31(24-28)40-32-18-6-8-20-34(32)41(35-21-9-7-19-33(35)40)36-22-11-23-38-42(36)37-25-29-14-4-5-15-30(29)26-39(37)43-38;1-2-13-27(14-3-1)30-17-6-7-18-31(30)40-32-19-8-10-21-34(32)41(35-22-11-9-20-33(35)40)36-23-12-24-38-42(36)37-25-28-15-4-5-16-29(28)26-39(37)43-38/h1-30H;2*1-26H/i1D,2D,3D,4D,5D,6D,7D,8D,9D,10D,11D,12D,13D,14D,15D,16D,17D,18D,19D,20D,21D,22D,23D,24D,25D,26D,27D,28D,29D,30D;2*1D,2D,3D,4D,5D,6D,7D,8D,9D,10D,11D,12D,13D,14D,15D,16D,17D,18D,19D,20D,21D,22D,23D,24D,25D,26D. The van der Waals surface area contributed by atoms with E-state index >= 15 is 0 Å². The fourth-order valence-corrected chi connectivity index (χ4v) is 16.4. The summed E-state index contributed by atoms with van der Waals surface area (Å²) in [5, 5.41) is -15.5.